The van der Waals surface area contributed by atoms with E-state index in [9.17, 15) is 0 Å². The molecule has 0 aliphatic heterocycles. The molecule has 1 aromatic heterocycles. The van der Waals surface area contributed by atoms with Gasteiger partial charge in [-0.1, -0.05) is 11.6 Å². The minimum atomic E-state index is 0.103. The lowest BCUT2D eigenvalue weighted by molar-refractivity contribution is 0.242. The van der Waals surface area contributed by atoms with Gasteiger partial charge in [0.15, 0.2) is 0 Å². The van der Waals surface area contributed by atoms with Gasteiger partial charge in [0.1, 0.15) is 5.75 Å². The molecule has 0 unspecified atom stereocenters. The summed E-state index contributed by atoms with van der Waals surface area (Å²) in [5.41, 5.74) is 7.28. The third-order valence-electron chi connectivity index (χ3n) is 2.10. The average Bonchev–Trinajstić information content (AvgIpc) is 2.62. The van der Waals surface area contributed by atoms with Crippen molar-refractivity contribution in [2.45, 2.75) is 20.0 Å². The van der Waals surface area contributed by atoms with Crippen LogP contribution in [0.3, 0.4) is 0 Å². The van der Waals surface area contributed by atoms with Crippen molar-refractivity contribution in [1.29, 1.82) is 0 Å². The van der Waals surface area contributed by atoms with E-state index in [4.69, 9.17) is 22.1 Å². The molecule has 0 radical (unpaired) electrons. The van der Waals surface area contributed by atoms with Crippen molar-refractivity contribution in [3.63, 3.8) is 0 Å². The van der Waals surface area contributed by atoms with E-state index in [1.807, 2.05) is 26.0 Å². The smallest absolute Gasteiger partial charge is 0.123 e. The van der Waals surface area contributed by atoms with Crippen LogP contribution in [0.5, 0.6) is 5.75 Å². The van der Waals surface area contributed by atoms with Crippen molar-refractivity contribution in [2.75, 3.05) is 5.73 Å². The van der Waals surface area contributed by atoms with Gasteiger partial charge in [0.2, 0.25) is 0 Å². The normalized spacial score (nSPS) is 10.8. The first-order chi connectivity index (χ1) is 8.04. The van der Waals surface area contributed by atoms with E-state index in [1.165, 1.54) is 0 Å². The molecule has 0 saturated carbocycles. The van der Waals surface area contributed by atoms with E-state index in [0.29, 0.717) is 10.7 Å². The van der Waals surface area contributed by atoms with Gasteiger partial charge in [0, 0.05) is 24.0 Å². The molecule has 2 N–H and O–H groups in total. The van der Waals surface area contributed by atoms with Gasteiger partial charge in [0.25, 0.3) is 0 Å². The zero-order valence-corrected chi connectivity index (χ0v) is 10.5. The Labute approximate surface area is 105 Å². The molecule has 17 heavy (non-hydrogen) atoms. The molecule has 5 heteroatoms. The van der Waals surface area contributed by atoms with Gasteiger partial charge in [-0.05, 0) is 19.9 Å². The minimum Gasteiger partial charge on any atom is -0.491 e. The van der Waals surface area contributed by atoms with E-state index in [0.717, 1.165) is 11.4 Å². The lowest BCUT2D eigenvalue weighted by Crippen LogP contribution is -2.06. The number of benzene rings is 1. The number of aromatic nitrogens is 2. The highest BCUT2D eigenvalue weighted by atomic mass is 35.5. The third kappa shape index (κ3) is 2.91. The maximum atomic E-state index is 5.83. The summed E-state index contributed by atoms with van der Waals surface area (Å²) in [7, 11) is 0. The highest BCUT2D eigenvalue weighted by Gasteiger charge is 2.05. The first-order valence-corrected chi connectivity index (χ1v) is 5.70. The summed E-state index contributed by atoms with van der Waals surface area (Å²) in [5, 5.41) is 4.70. The molecule has 2 aromatic rings. The predicted octanol–water partition coefficient (Wildman–Crippen LogP) is 2.90. The SMILES string of the molecule is CC(C)Oc1cc(N)cc(-n2cc(Cl)cn2)c1. The van der Waals surface area contributed by atoms with Gasteiger partial charge in [-0.3, -0.25) is 0 Å². The Morgan fingerprint density at radius 2 is 2.12 bits per heavy atom. The first kappa shape index (κ1) is 11.8. The van der Waals surface area contributed by atoms with Crippen LogP contribution in [0.4, 0.5) is 5.69 Å². The minimum absolute atomic E-state index is 0.103. The van der Waals surface area contributed by atoms with Crippen LogP contribution in [-0.2, 0) is 0 Å². The van der Waals surface area contributed by atoms with E-state index >= 15 is 0 Å². The number of nitrogens with zero attached hydrogens (tertiary/aromatic N) is 2. The number of halogens is 1. The van der Waals surface area contributed by atoms with E-state index in [1.54, 1.807) is 23.1 Å². The number of ether oxygens (including phenoxy) is 1. The molecule has 0 aliphatic carbocycles. The summed E-state index contributed by atoms with van der Waals surface area (Å²) in [5.74, 6) is 0.724. The van der Waals surface area contributed by atoms with Gasteiger partial charge in [0.05, 0.1) is 23.0 Å². The monoisotopic (exact) mass is 251 g/mol. The van der Waals surface area contributed by atoms with Gasteiger partial charge >= 0.3 is 0 Å². The molecular formula is C12H14ClN3O. The molecule has 0 saturated heterocycles. The van der Waals surface area contributed by atoms with Gasteiger partial charge in [-0.25, -0.2) is 4.68 Å². The first-order valence-electron chi connectivity index (χ1n) is 5.32. The van der Waals surface area contributed by atoms with Crippen molar-refractivity contribution in [1.82, 2.24) is 9.78 Å². The summed E-state index contributed by atoms with van der Waals surface area (Å²) < 4.78 is 7.27. The van der Waals surface area contributed by atoms with Crippen molar-refractivity contribution in [3.8, 4) is 11.4 Å². The zero-order chi connectivity index (χ0) is 12.4. The summed E-state index contributed by atoms with van der Waals surface area (Å²) in [4.78, 5) is 0. The lowest BCUT2D eigenvalue weighted by Gasteiger charge is -2.12. The molecule has 0 aliphatic rings. The molecule has 0 amide bonds. The van der Waals surface area contributed by atoms with Crippen LogP contribution in [0, 0.1) is 0 Å². The third-order valence-corrected chi connectivity index (χ3v) is 2.30. The number of hydrogen-bond donors (Lipinski definition) is 1. The Morgan fingerprint density at radius 1 is 1.35 bits per heavy atom. The Morgan fingerprint density at radius 3 is 2.71 bits per heavy atom. The molecule has 0 bridgehead atoms. The second kappa shape index (κ2) is 4.67. The number of nitrogen functional groups attached to an aromatic ring is 1. The van der Waals surface area contributed by atoms with Crippen LogP contribution < -0.4 is 10.5 Å². The summed E-state index contributed by atoms with van der Waals surface area (Å²) in [6, 6.07) is 5.48. The van der Waals surface area contributed by atoms with Crippen LogP contribution in [0.2, 0.25) is 5.02 Å². The zero-order valence-electron chi connectivity index (χ0n) is 9.72. The lowest BCUT2D eigenvalue weighted by atomic mass is 10.2. The predicted molar refractivity (Wildman–Crippen MR) is 68.8 cm³/mol. The second-order valence-electron chi connectivity index (χ2n) is 4.03. The van der Waals surface area contributed by atoms with E-state index < -0.39 is 0 Å². The van der Waals surface area contributed by atoms with Crippen molar-refractivity contribution >= 4 is 17.3 Å². The fraction of sp³-hybridized carbons (Fsp3) is 0.250. The van der Waals surface area contributed by atoms with Crippen LogP contribution in [-0.4, -0.2) is 15.9 Å². The standard InChI is InChI=1S/C12H14ClN3O/c1-8(2)17-12-4-10(14)3-11(5-12)16-7-9(13)6-15-16/h3-8H,14H2,1-2H3. The van der Waals surface area contributed by atoms with Crippen LogP contribution >= 0.6 is 11.6 Å². The van der Waals surface area contributed by atoms with Crippen LogP contribution in [0.15, 0.2) is 30.6 Å². The highest BCUT2D eigenvalue weighted by Crippen LogP contribution is 2.23. The van der Waals surface area contributed by atoms with Crippen LogP contribution in [0.25, 0.3) is 5.69 Å². The number of hydrogen-bond acceptors (Lipinski definition) is 3. The molecule has 0 spiro atoms. The number of nitrogens with two attached hydrogens (primary N) is 1. The highest BCUT2D eigenvalue weighted by molar-refractivity contribution is 6.30. The molecule has 2 rings (SSSR count). The Kier molecular flexibility index (Phi) is 3.24. The topological polar surface area (TPSA) is 53.1 Å². The molecule has 1 aromatic carbocycles. The Hall–Kier alpha value is -1.68. The Bertz CT molecular complexity index is 522. The van der Waals surface area contributed by atoms with Gasteiger partial charge in [-0.15, -0.1) is 0 Å². The summed E-state index contributed by atoms with van der Waals surface area (Å²) >= 11 is 5.83. The van der Waals surface area contributed by atoms with E-state index in [-0.39, 0.29) is 6.10 Å². The number of anilines is 1. The van der Waals surface area contributed by atoms with E-state index in [2.05, 4.69) is 5.10 Å². The summed E-state index contributed by atoms with van der Waals surface area (Å²) in [6.07, 6.45) is 3.40. The Balaban J connectivity index is 2.37. The fourth-order valence-electron chi connectivity index (χ4n) is 1.52. The van der Waals surface area contributed by atoms with Gasteiger partial charge in [-0.2, -0.15) is 5.10 Å². The molecular weight excluding hydrogens is 238 g/mol. The van der Waals surface area contributed by atoms with Crippen molar-refractivity contribution in [3.05, 3.63) is 35.6 Å². The molecule has 1 heterocycles. The van der Waals surface area contributed by atoms with Crippen LogP contribution in [0.1, 0.15) is 13.8 Å². The molecule has 0 fully saturated rings. The van der Waals surface area contributed by atoms with Crippen molar-refractivity contribution < 1.29 is 4.74 Å². The maximum Gasteiger partial charge on any atom is 0.123 e. The fourth-order valence-corrected chi connectivity index (χ4v) is 1.66. The molecule has 0 atom stereocenters. The average molecular weight is 252 g/mol. The second-order valence-corrected chi connectivity index (χ2v) is 4.47. The van der Waals surface area contributed by atoms with Gasteiger partial charge < -0.3 is 10.5 Å². The number of rotatable bonds is 3. The molecule has 90 valence electrons. The largest absolute Gasteiger partial charge is 0.491 e. The van der Waals surface area contributed by atoms with Crippen molar-refractivity contribution in [2.24, 2.45) is 0 Å². The quantitative estimate of drug-likeness (QED) is 0.854. The molecule has 4 nitrogen and oxygen atoms in total. The maximum absolute atomic E-state index is 5.83. The summed E-state index contributed by atoms with van der Waals surface area (Å²) in [6.45, 7) is 3.93.